The van der Waals surface area contributed by atoms with E-state index in [0.29, 0.717) is 24.5 Å². The smallest absolute Gasteiger partial charge is 0.239 e. The molecular formula is C17H26N2O4. The summed E-state index contributed by atoms with van der Waals surface area (Å²) in [6.45, 7) is 7.20. The van der Waals surface area contributed by atoms with Crippen molar-refractivity contribution in [2.45, 2.75) is 38.8 Å². The Morgan fingerprint density at radius 3 is 2.17 bits per heavy atom. The van der Waals surface area contributed by atoms with Crippen molar-refractivity contribution in [1.82, 2.24) is 10.6 Å². The summed E-state index contributed by atoms with van der Waals surface area (Å²) in [6.07, 6.45) is 0. The number of hydrogen-bond donors (Lipinski definition) is 3. The molecule has 0 aliphatic heterocycles. The number of rotatable bonds is 8. The third-order valence-electron chi connectivity index (χ3n) is 3.52. The third-order valence-corrected chi connectivity index (χ3v) is 3.52. The van der Waals surface area contributed by atoms with E-state index in [-0.39, 0.29) is 11.7 Å². The van der Waals surface area contributed by atoms with Crippen molar-refractivity contribution in [3.63, 3.8) is 0 Å². The molecule has 0 spiro atoms. The molecule has 0 bridgehead atoms. The summed E-state index contributed by atoms with van der Waals surface area (Å²) in [5.74, 6) is 0.153. The van der Waals surface area contributed by atoms with Gasteiger partial charge in [0.1, 0.15) is 18.0 Å². The number of ketones is 1. The summed E-state index contributed by atoms with van der Waals surface area (Å²) < 4.78 is 5.51. The van der Waals surface area contributed by atoms with Crippen LogP contribution in [0.4, 0.5) is 0 Å². The maximum Gasteiger partial charge on any atom is 0.239 e. The van der Waals surface area contributed by atoms with E-state index in [1.165, 1.54) is 13.8 Å². The second-order valence-corrected chi connectivity index (χ2v) is 6.39. The Morgan fingerprint density at radius 2 is 1.70 bits per heavy atom. The fraction of sp³-hybridized carbons (Fsp3) is 0.529. The lowest BCUT2D eigenvalue weighted by Gasteiger charge is -2.22. The highest BCUT2D eigenvalue weighted by atomic mass is 16.5. The zero-order valence-electron chi connectivity index (χ0n) is 14.4. The van der Waals surface area contributed by atoms with E-state index < -0.39 is 11.1 Å². The van der Waals surface area contributed by atoms with Gasteiger partial charge in [-0.1, -0.05) is 0 Å². The van der Waals surface area contributed by atoms with Gasteiger partial charge in [0.25, 0.3) is 0 Å². The van der Waals surface area contributed by atoms with Gasteiger partial charge in [0, 0.05) is 5.56 Å². The fourth-order valence-corrected chi connectivity index (χ4v) is 1.72. The Balaban J connectivity index is 2.46. The van der Waals surface area contributed by atoms with E-state index >= 15 is 0 Å². The summed E-state index contributed by atoms with van der Waals surface area (Å²) in [5, 5.41) is 15.4. The standard InChI is InChI=1S/C17H26N2O4/c1-16(2,18-5)15(21)19-10-11-23-13-8-6-12(7-9-13)14(20)17(3,4)22/h6-9,18,22H,10-11H2,1-5H3,(H,19,21). The van der Waals surface area contributed by atoms with Crippen LogP contribution in [-0.4, -0.2) is 48.1 Å². The lowest BCUT2D eigenvalue weighted by Crippen LogP contribution is -2.51. The van der Waals surface area contributed by atoms with Crippen LogP contribution < -0.4 is 15.4 Å². The van der Waals surface area contributed by atoms with E-state index in [1.807, 2.05) is 0 Å². The van der Waals surface area contributed by atoms with Crippen LogP contribution in [0.1, 0.15) is 38.1 Å². The van der Waals surface area contributed by atoms with Crippen molar-refractivity contribution in [3.8, 4) is 5.75 Å². The fourth-order valence-electron chi connectivity index (χ4n) is 1.72. The molecule has 128 valence electrons. The van der Waals surface area contributed by atoms with Gasteiger partial charge in [0.2, 0.25) is 5.91 Å². The van der Waals surface area contributed by atoms with Crippen LogP contribution in [0.5, 0.6) is 5.75 Å². The van der Waals surface area contributed by atoms with E-state index in [4.69, 9.17) is 4.74 Å². The monoisotopic (exact) mass is 322 g/mol. The van der Waals surface area contributed by atoms with E-state index in [2.05, 4.69) is 10.6 Å². The molecule has 0 unspecified atom stereocenters. The Morgan fingerprint density at radius 1 is 1.13 bits per heavy atom. The maximum absolute atomic E-state index is 11.9. The number of hydrogen-bond acceptors (Lipinski definition) is 5. The van der Waals surface area contributed by atoms with Crippen LogP contribution in [-0.2, 0) is 4.79 Å². The van der Waals surface area contributed by atoms with Crippen LogP contribution in [0.15, 0.2) is 24.3 Å². The van der Waals surface area contributed by atoms with Gasteiger partial charge in [-0.15, -0.1) is 0 Å². The molecule has 0 aromatic heterocycles. The van der Waals surface area contributed by atoms with Gasteiger partial charge in [0.05, 0.1) is 12.1 Å². The number of aliphatic hydroxyl groups is 1. The highest BCUT2D eigenvalue weighted by Gasteiger charge is 2.25. The molecule has 0 atom stereocenters. The molecule has 1 aromatic rings. The predicted octanol–water partition coefficient (Wildman–Crippen LogP) is 1.13. The maximum atomic E-state index is 11.9. The Labute approximate surface area is 137 Å². The number of benzene rings is 1. The molecule has 1 aromatic carbocycles. The third kappa shape index (κ3) is 5.65. The molecule has 3 N–H and O–H groups in total. The first-order valence-corrected chi connectivity index (χ1v) is 7.55. The van der Waals surface area contributed by atoms with Crippen LogP contribution in [0.25, 0.3) is 0 Å². The Hall–Kier alpha value is -1.92. The SMILES string of the molecule is CNC(C)(C)C(=O)NCCOc1ccc(C(=O)C(C)(C)O)cc1. The number of ether oxygens (including phenoxy) is 1. The summed E-state index contributed by atoms with van der Waals surface area (Å²) in [4.78, 5) is 23.7. The first-order valence-electron chi connectivity index (χ1n) is 7.55. The van der Waals surface area contributed by atoms with E-state index in [0.717, 1.165) is 0 Å². The van der Waals surface area contributed by atoms with Crippen molar-refractivity contribution >= 4 is 11.7 Å². The van der Waals surface area contributed by atoms with Gasteiger partial charge in [-0.05, 0) is 59.0 Å². The molecule has 6 heteroatoms. The van der Waals surface area contributed by atoms with Gasteiger partial charge < -0.3 is 20.5 Å². The van der Waals surface area contributed by atoms with Gasteiger partial charge in [-0.25, -0.2) is 0 Å². The molecule has 1 rings (SSSR count). The summed E-state index contributed by atoms with van der Waals surface area (Å²) in [5.41, 5.74) is -1.60. The average Bonchev–Trinajstić information content (AvgIpc) is 2.50. The van der Waals surface area contributed by atoms with Crippen molar-refractivity contribution in [3.05, 3.63) is 29.8 Å². The van der Waals surface area contributed by atoms with Crippen LogP contribution >= 0.6 is 0 Å². The minimum absolute atomic E-state index is 0.102. The van der Waals surface area contributed by atoms with Gasteiger partial charge in [-0.2, -0.15) is 0 Å². The minimum Gasteiger partial charge on any atom is -0.492 e. The highest BCUT2D eigenvalue weighted by Crippen LogP contribution is 2.17. The highest BCUT2D eigenvalue weighted by molar-refractivity contribution is 6.01. The first kappa shape index (κ1) is 19.1. The normalized spacial score (nSPS) is 11.9. The topological polar surface area (TPSA) is 87.7 Å². The predicted molar refractivity (Wildman–Crippen MR) is 88.7 cm³/mol. The lowest BCUT2D eigenvalue weighted by molar-refractivity contribution is -0.126. The quantitative estimate of drug-likeness (QED) is 0.493. The van der Waals surface area contributed by atoms with E-state index in [9.17, 15) is 14.7 Å². The zero-order valence-corrected chi connectivity index (χ0v) is 14.4. The lowest BCUT2D eigenvalue weighted by atomic mass is 9.97. The van der Waals surface area contributed by atoms with Crippen molar-refractivity contribution in [2.75, 3.05) is 20.2 Å². The number of carbonyl (C=O) groups excluding carboxylic acids is 2. The molecule has 0 saturated heterocycles. The molecular weight excluding hydrogens is 296 g/mol. The second kappa shape index (κ2) is 7.57. The number of Topliss-reactive ketones (excluding diaryl/α,β-unsaturated/α-hetero) is 1. The molecule has 0 fully saturated rings. The summed E-state index contributed by atoms with van der Waals surface area (Å²) in [6, 6.07) is 6.55. The van der Waals surface area contributed by atoms with Crippen LogP contribution in [0.3, 0.4) is 0 Å². The summed E-state index contributed by atoms with van der Waals surface area (Å²) in [7, 11) is 1.73. The summed E-state index contributed by atoms with van der Waals surface area (Å²) >= 11 is 0. The largest absolute Gasteiger partial charge is 0.492 e. The molecule has 6 nitrogen and oxygen atoms in total. The zero-order chi connectivity index (χ0) is 17.7. The van der Waals surface area contributed by atoms with Crippen LogP contribution in [0.2, 0.25) is 0 Å². The molecule has 23 heavy (non-hydrogen) atoms. The van der Waals surface area contributed by atoms with Crippen molar-refractivity contribution in [2.24, 2.45) is 0 Å². The Bertz CT molecular complexity index is 545. The molecule has 0 aliphatic rings. The molecule has 0 saturated carbocycles. The average molecular weight is 322 g/mol. The molecule has 0 heterocycles. The minimum atomic E-state index is -1.40. The number of amides is 1. The van der Waals surface area contributed by atoms with Crippen molar-refractivity contribution in [1.29, 1.82) is 0 Å². The Kier molecular flexibility index (Phi) is 6.29. The molecule has 0 radical (unpaired) electrons. The number of carbonyl (C=O) groups is 2. The number of nitrogens with one attached hydrogen (secondary N) is 2. The van der Waals surface area contributed by atoms with Crippen molar-refractivity contribution < 1.29 is 19.4 Å². The van der Waals surface area contributed by atoms with Crippen LogP contribution in [0, 0.1) is 0 Å². The van der Waals surface area contributed by atoms with Gasteiger partial charge >= 0.3 is 0 Å². The van der Waals surface area contributed by atoms with Gasteiger partial charge in [-0.3, -0.25) is 9.59 Å². The van der Waals surface area contributed by atoms with Gasteiger partial charge in [0.15, 0.2) is 5.78 Å². The number of likely N-dealkylation sites (N-methyl/N-ethyl adjacent to an activating group) is 1. The van der Waals surface area contributed by atoms with E-state index in [1.54, 1.807) is 45.2 Å². The molecule has 0 aliphatic carbocycles. The molecule has 1 amide bonds. The second-order valence-electron chi connectivity index (χ2n) is 6.39. The first-order chi connectivity index (χ1) is 10.6.